The number of nitrogens with zero attached hydrogens (tertiary/aromatic N) is 2. The molecule has 3 aliphatic heterocycles. The molecule has 0 saturated carbocycles. The molecule has 5 rings (SSSR count). The zero-order chi connectivity index (χ0) is 18.5. The first-order valence-electron chi connectivity index (χ1n) is 8.74. The fraction of sp³-hybridized carbons (Fsp3) is 0.238. The number of hydrogen-bond donors (Lipinski definition) is 0. The maximum atomic E-state index is 12.4. The molecule has 3 atom stereocenters. The monoisotopic (exact) mass is 360 g/mol. The van der Waals surface area contributed by atoms with Crippen LogP contribution in [0.25, 0.3) is 0 Å². The maximum Gasteiger partial charge on any atom is 0.314 e. The Bertz CT molecular complexity index is 1010. The molecule has 6 heteroatoms. The van der Waals surface area contributed by atoms with Crippen LogP contribution < -0.4 is 14.4 Å². The maximum absolute atomic E-state index is 12.4. The predicted molar refractivity (Wildman–Crippen MR) is 95.9 cm³/mol. The van der Waals surface area contributed by atoms with E-state index in [0.29, 0.717) is 17.2 Å². The summed E-state index contributed by atoms with van der Waals surface area (Å²) in [5.41, 5.74) is 2.24. The highest BCUT2D eigenvalue weighted by Crippen LogP contribution is 2.54. The smallest absolute Gasteiger partial charge is 0.314 e. The number of para-hydroxylation sites is 2. The predicted octanol–water partition coefficient (Wildman–Crippen LogP) is 3.17. The number of carbonyl (C=O) groups excluding carboxylic acids is 1. The SMILES string of the molecule is COc1ccc([C@@H]2[C@H]3COC(=O)[C@H]3C(C#N)=C3Oc4ccccc4N32)cc1. The molecule has 134 valence electrons. The van der Waals surface area contributed by atoms with Crippen molar-refractivity contribution in [2.45, 2.75) is 6.04 Å². The lowest BCUT2D eigenvalue weighted by molar-refractivity contribution is -0.140. The average molecular weight is 360 g/mol. The van der Waals surface area contributed by atoms with Crippen LogP contribution in [0.4, 0.5) is 5.69 Å². The quantitative estimate of drug-likeness (QED) is 0.766. The van der Waals surface area contributed by atoms with E-state index in [4.69, 9.17) is 14.2 Å². The minimum absolute atomic E-state index is 0.168. The lowest BCUT2D eigenvalue weighted by Crippen LogP contribution is -2.42. The van der Waals surface area contributed by atoms with Gasteiger partial charge in [0.15, 0.2) is 5.75 Å². The van der Waals surface area contributed by atoms with Gasteiger partial charge in [0.05, 0.1) is 25.4 Å². The number of rotatable bonds is 2. The molecule has 6 nitrogen and oxygen atoms in total. The van der Waals surface area contributed by atoms with E-state index in [1.807, 2.05) is 53.4 Å². The number of anilines is 1. The summed E-state index contributed by atoms with van der Waals surface area (Å²) in [6.45, 7) is 0.275. The topological polar surface area (TPSA) is 71.8 Å². The summed E-state index contributed by atoms with van der Waals surface area (Å²) < 4.78 is 16.6. The summed E-state index contributed by atoms with van der Waals surface area (Å²) >= 11 is 0. The van der Waals surface area contributed by atoms with Gasteiger partial charge >= 0.3 is 5.97 Å². The van der Waals surface area contributed by atoms with Gasteiger partial charge in [0, 0.05) is 5.92 Å². The molecule has 0 unspecified atom stereocenters. The van der Waals surface area contributed by atoms with Gasteiger partial charge < -0.3 is 19.1 Å². The van der Waals surface area contributed by atoms with Gasteiger partial charge in [-0.2, -0.15) is 5.26 Å². The number of nitriles is 1. The largest absolute Gasteiger partial charge is 0.497 e. The Hall–Kier alpha value is -3.46. The van der Waals surface area contributed by atoms with E-state index in [0.717, 1.165) is 17.0 Å². The second kappa shape index (κ2) is 5.78. The Kier molecular flexibility index (Phi) is 3.37. The van der Waals surface area contributed by atoms with E-state index in [1.54, 1.807) is 7.11 Å². The lowest BCUT2D eigenvalue weighted by Gasteiger charge is -2.39. The molecule has 3 aliphatic rings. The van der Waals surface area contributed by atoms with Crippen molar-refractivity contribution in [3.63, 3.8) is 0 Å². The average Bonchev–Trinajstić information content (AvgIpc) is 3.28. The van der Waals surface area contributed by atoms with Crippen LogP contribution in [0, 0.1) is 23.2 Å². The molecule has 0 N–H and O–H groups in total. The number of fused-ring (bicyclic) bond motifs is 4. The second-order valence-corrected chi connectivity index (χ2v) is 6.76. The first-order chi connectivity index (χ1) is 13.2. The zero-order valence-electron chi connectivity index (χ0n) is 14.6. The fourth-order valence-corrected chi connectivity index (χ4v) is 4.25. The number of methoxy groups -OCH3 is 1. The van der Waals surface area contributed by atoms with Crippen molar-refractivity contribution >= 4 is 11.7 Å². The zero-order valence-corrected chi connectivity index (χ0v) is 14.6. The molecule has 1 saturated heterocycles. The molecule has 0 amide bonds. The molecule has 0 radical (unpaired) electrons. The van der Waals surface area contributed by atoms with Crippen LogP contribution in [0.3, 0.4) is 0 Å². The first kappa shape index (κ1) is 15.8. The number of ether oxygens (including phenoxy) is 3. The number of esters is 1. The Labute approximate surface area is 156 Å². The van der Waals surface area contributed by atoms with Crippen LogP contribution in [0.5, 0.6) is 11.5 Å². The van der Waals surface area contributed by atoms with E-state index < -0.39 is 5.92 Å². The molecule has 2 aromatic carbocycles. The number of cyclic esters (lactones) is 1. The second-order valence-electron chi connectivity index (χ2n) is 6.76. The number of hydrogen-bond acceptors (Lipinski definition) is 6. The van der Waals surface area contributed by atoms with Crippen molar-refractivity contribution in [3.8, 4) is 17.6 Å². The van der Waals surface area contributed by atoms with Crippen LogP contribution in [-0.4, -0.2) is 19.7 Å². The molecular weight excluding hydrogens is 344 g/mol. The van der Waals surface area contributed by atoms with E-state index >= 15 is 0 Å². The minimum atomic E-state index is -0.609. The van der Waals surface area contributed by atoms with E-state index in [1.165, 1.54) is 0 Å². The van der Waals surface area contributed by atoms with Gasteiger partial charge in [-0.25, -0.2) is 0 Å². The minimum Gasteiger partial charge on any atom is -0.497 e. The summed E-state index contributed by atoms with van der Waals surface area (Å²) in [6, 6.07) is 17.4. The van der Waals surface area contributed by atoms with Crippen LogP contribution in [0.2, 0.25) is 0 Å². The molecule has 0 aromatic heterocycles. The summed E-state index contributed by atoms with van der Waals surface area (Å²) in [7, 11) is 1.62. The van der Waals surface area contributed by atoms with Gasteiger partial charge in [-0.15, -0.1) is 0 Å². The Balaban J connectivity index is 1.72. The highest BCUT2D eigenvalue weighted by Gasteiger charge is 2.54. The highest BCUT2D eigenvalue weighted by molar-refractivity contribution is 5.83. The Morgan fingerprint density at radius 3 is 2.70 bits per heavy atom. The van der Waals surface area contributed by atoms with Gasteiger partial charge in [0.1, 0.15) is 23.3 Å². The molecule has 1 fully saturated rings. The molecule has 0 aliphatic carbocycles. The highest BCUT2D eigenvalue weighted by atomic mass is 16.5. The van der Waals surface area contributed by atoms with Crippen molar-refractivity contribution in [3.05, 3.63) is 65.6 Å². The molecule has 3 heterocycles. The summed E-state index contributed by atoms with van der Waals surface area (Å²) in [5.74, 6) is 0.742. The third-order valence-corrected chi connectivity index (χ3v) is 5.45. The van der Waals surface area contributed by atoms with Crippen LogP contribution in [0.1, 0.15) is 11.6 Å². The van der Waals surface area contributed by atoms with E-state index in [9.17, 15) is 10.1 Å². The molecule has 27 heavy (non-hydrogen) atoms. The van der Waals surface area contributed by atoms with Crippen molar-refractivity contribution in [1.82, 2.24) is 0 Å². The standard InChI is InChI=1S/C21H16N2O4/c1-25-13-8-6-12(7-9-13)19-15-11-26-21(24)18(15)14(10-22)20-23(19)16-4-2-3-5-17(16)27-20/h2-9,15,18-19H,11H2,1H3/t15-,18-,19+/m0/s1. The van der Waals surface area contributed by atoms with Crippen molar-refractivity contribution in [2.24, 2.45) is 11.8 Å². The van der Waals surface area contributed by atoms with Gasteiger partial charge in [-0.3, -0.25) is 4.79 Å². The van der Waals surface area contributed by atoms with Gasteiger partial charge in [-0.1, -0.05) is 24.3 Å². The van der Waals surface area contributed by atoms with Gasteiger partial charge in [0.25, 0.3) is 0 Å². The van der Waals surface area contributed by atoms with Crippen LogP contribution in [-0.2, 0) is 9.53 Å². The van der Waals surface area contributed by atoms with Crippen LogP contribution >= 0.6 is 0 Å². The Morgan fingerprint density at radius 1 is 1.19 bits per heavy atom. The van der Waals surface area contributed by atoms with Crippen LogP contribution in [0.15, 0.2) is 60.0 Å². The van der Waals surface area contributed by atoms with Crippen molar-refractivity contribution in [2.75, 3.05) is 18.6 Å². The molecule has 2 aromatic rings. The van der Waals surface area contributed by atoms with E-state index in [-0.39, 0.29) is 24.5 Å². The normalized spacial score (nSPS) is 25.1. The number of carbonyl (C=O) groups is 1. The first-order valence-corrected chi connectivity index (χ1v) is 8.74. The van der Waals surface area contributed by atoms with Crippen molar-refractivity contribution < 1.29 is 19.0 Å². The summed E-state index contributed by atoms with van der Waals surface area (Å²) in [4.78, 5) is 14.4. The van der Waals surface area contributed by atoms with Gasteiger partial charge in [-0.05, 0) is 29.8 Å². The Morgan fingerprint density at radius 2 is 1.96 bits per heavy atom. The molecular formula is C21H16N2O4. The third kappa shape index (κ3) is 2.15. The fourth-order valence-electron chi connectivity index (χ4n) is 4.25. The van der Waals surface area contributed by atoms with E-state index in [2.05, 4.69) is 6.07 Å². The van der Waals surface area contributed by atoms with Crippen molar-refractivity contribution in [1.29, 1.82) is 5.26 Å². The van der Waals surface area contributed by atoms with Gasteiger partial charge in [0.2, 0.25) is 5.88 Å². The molecule has 0 bridgehead atoms. The summed E-state index contributed by atoms with van der Waals surface area (Å²) in [6.07, 6.45) is 0. The molecule has 0 spiro atoms. The summed E-state index contributed by atoms with van der Waals surface area (Å²) in [5, 5.41) is 9.77. The third-order valence-electron chi connectivity index (χ3n) is 5.45. The lowest BCUT2D eigenvalue weighted by atomic mass is 9.77. The number of benzene rings is 2.